The van der Waals surface area contributed by atoms with Gasteiger partial charge in [0.25, 0.3) is 0 Å². The number of nitrogens with zero attached hydrogens (tertiary/aromatic N) is 3. The van der Waals surface area contributed by atoms with E-state index in [9.17, 15) is 0 Å². The predicted molar refractivity (Wildman–Crippen MR) is 70.3 cm³/mol. The Morgan fingerprint density at radius 3 is 2.67 bits per heavy atom. The normalized spacial score (nSPS) is 27.4. The minimum absolute atomic E-state index is 0.342. The van der Waals surface area contributed by atoms with Crippen LogP contribution in [0, 0.1) is 5.41 Å². The van der Waals surface area contributed by atoms with Gasteiger partial charge in [0.15, 0.2) is 5.82 Å². The highest BCUT2D eigenvalue weighted by Gasteiger charge is 2.54. The maximum absolute atomic E-state index is 4.46. The Morgan fingerprint density at radius 1 is 1.11 bits per heavy atom. The average Bonchev–Trinajstić information content (AvgIpc) is 2.99. The van der Waals surface area contributed by atoms with Crippen LogP contribution in [0.5, 0.6) is 0 Å². The maximum Gasteiger partial charge on any atom is 0.164 e. The molecule has 92 valence electrons. The third-order valence-electron chi connectivity index (χ3n) is 4.86. The standard InChI is InChI=1S/C15H17N3/c1-15(2)11-8-9-12(15)18-13(16-17-14(11)18)10-6-4-3-5-7-10/h3-7,11-12H,8-9H2,1-2H3. The van der Waals surface area contributed by atoms with Crippen LogP contribution in [0.2, 0.25) is 0 Å². The van der Waals surface area contributed by atoms with E-state index in [4.69, 9.17) is 0 Å². The van der Waals surface area contributed by atoms with Crippen molar-refractivity contribution in [2.75, 3.05) is 0 Å². The molecule has 0 radical (unpaired) electrons. The van der Waals surface area contributed by atoms with E-state index in [1.807, 2.05) is 6.07 Å². The largest absolute Gasteiger partial charge is 0.307 e. The minimum Gasteiger partial charge on any atom is -0.307 e. The molecule has 2 bridgehead atoms. The van der Waals surface area contributed by atoms with Crippen molar-refractivity contribution in [1.29, 1.82) is 0 Å². The van der Waals surface area contributed by atoms with E-state index in [0.717, 1.165) is 5.82 Å². The highest BCUT2D eigenvalue weighted by molar-refractivity contribution is 5.56. The molecule has 2 aromatic rings. The lowest BCUT2D eigenvalue weighted by Gasteiger charge is -2.24. The molecule has 3 nitrogen and oxygen atoms in total. The van der Waals surface area contributed by atoms with Gasteiger partial charge in [0, 0.05) is 17.5 Å². The molecule has 0 amide bonds. The molecule has 1 aliphatic heterocycles. The summed E-state index contributed by atoms with van der Waals surface area (Å²) in [6, 6.07) is 11.0. The van der Waals surface area contributed by atoms with E-state index in [1.165, 1.54) is 24.2 Å². The lowest BCUT2D eigenvalue weighted by Crippen LogP contribution is -2.17. The molecule has 2 unspecified atom stereocenters. The molecule has 1 aromatic heterocycles. The predicted octanol–water partition coefficient (Wildman–Crippen LogP) is 3.40. The highest BCUT2D eigenvalue weighted by atomic mass is 15.3. The molecule has 2 aliphatic rings. The summed E-state index contributed by atoms with van der Waals surface area (Å²) in [4.78, 5) is 0. The molecule has 0 spiro atoms. The quantitative estimate of drug-likeness (QED) is 0.763. The molecule has 4 rings (SSSR count). The first-order valence-electron chi connectivity index (χ1n) is 6.70. The Balaban J connectivity index is 1.91. The lowest BCUT2D eigenvalue weighted by molar-refractivity contribution is 0.286. The summed E-state index contributed by atoms with van der Waals surface area (Å²) >= 11 is 0. The van der Waals surface area contributed by atoms with Gasteiger partial charge in [-0.05, 0) is 18.3 Å². The second-order valence-electron chi connectivity index (χ2n) is 6.08. The molecule has 2 atom stereocenters. The minimum atomic E-state index is 0.342. The number of hydrogen-bond donors (Lipinski definition) is 0. The van der Waals surface area contributed by atoms with Crippen molar-refractivity contribution in [3.05, 3.63) is 36.2 Å². The summed E-state index contributed by atoms with van der Waals surface area (Å²) in [6.45, 7) is 4.75. The molecule has 2 heterocycles. The van der Waals surface area contributed by atoms with E-state index in [-0.39, 0.29) is 0 Å². The Labute approximate surface area is 107 Å². The first-order chi connectivity index (χ1) is 8.69. The van der Waals surface area contributed by atoms with Gasteiger partial charge in [-0.25, -0.2) is 0 Å². The van der Waals surface area contributed by atoms with Gasteiger partial charge in [-0.2, -0.15) is 0 Å². The monoisotopic (exact) mass is 239 g/mol. The van der Waals surface area contributed by atoms with Gasteiger partial charge in [0.05, 0.1) is 0 Å². The molecular formula is C15H17N3. The van der Waals surface area contributed by atoms with Crippen molar-refractivity contribution in [2.24, 2.45) is 5.41 Å². The first kappa shape index (κ1) is 10.3. The van der Waals surface area contributed by atoms with Crippen LogP contribution in [0.25, 0.3) is 11.4 Å². The summed E-state index contributed by atoms with van der Waals surface area (Å²) < 4.78 is 2.39. The van der Waals surface area contributed by atoms with Gasteiger partial charge in [-0.15, -0.1) is 10.2 Å². The number of hydrogen-bond acceptors (Lipinski definition) is 2. The zero-order chi connectivity index (χ0) is 12.3. The Bertz CT molecular complexity index is 597. The summed E-state index contributed by atoms with van der Waals surface area (Å²) in [7, 11) is 0. The van der Waals surface area contributed by atoms with Crippen LogP contribution >= 0.6 is 0 Å². The van der Waals surface area contributed by atoms with Crippen LogP contribution in [0.15, 0.2) is 30.3 Å². The molecule has 18 heavy (non-hydrogen) atoms. The van der Waals surface area contributed by atoms with Crippen LogP contribution in [-0.2, 0) is 0 Å². The van der Waals surface area contributed by atoms with Gasteiger partial charge < -0.3 is 4.57 Å². The summed E-state index contributed by atoms with van der Waals surface area (Å²) in [6.07, 6.45) is 2.53. The maximum atomic E-state index is 4.46. The zero-order valence-corrected chi connectivity index (χ0v) is 10.8. The molecule has 0 saturated heterocycles. The van der Waals surface area contributed by atoms with Gasteiger partial charge >= 0.3 is 0 Å². The van der Waals surface area contributed by atoms with Gasteiger partial charge in [-0.3, -0.25) is 0 Å². The van der Waals surface area contributed by atoms with Crippen molar-refractivity contribution in [2.45, 2.75) is 38.6 Å². The summed E-state index contributed by atoms with van der Waals surface area (Å²) in [5.41, 5.74) is 1.52. The Hall–Kier alpha value is -1.64. The molecule has 1 fully saturated rings. The first-order valence-corrected chi connectivity index (χ1v) is 6.70. The van der Waals surface area contributed by atoms with Crippen molar-refractivity contribution in [1.82, 2.24) is 14.8 Å². The van der Waals surface area contributed by atoms with Gasteiger partial charge in [-0.1, -0.05) is 44.2 Å². The van der Waals surface area contributed by atoms with Gasteiger partial charge in [0.1, 0.15) is 5.82 Å². The topological polar surface area (TPSA) is 30.7 Å². The molecule has 0 N–H and O–H groups in total. The number of rotatable bonds is 1. The third-order valence-corrected chi connectivity index (χ3v) is 4.86. The van der Waals surface area contributed by atoms with Crippen LogP contribution in [0.3, 0.4) is 0 Å². The van der Waals surface area contributed by atoms with E-state index in [2.05, 4.69) is 52.9 Å². The second kappa shape index (κ2) is 3.22. The van der Waals surface area contributed by atoms with E-state index >= 15 is 0 Å². The highest BCUT2D eigenvalue weighted by Crippen LogP contribution is 2.61. The SMILES string of the molecule is CC1(C)C2CCC1n1c(-c3ccccc3)nnc12. The van der Waals surface area contributed by atoms with E-state index in [0.29, 0.717) is 17.4 Å². The van der Waals surface area contributed by atoms with Crippen molar-refractivity contribution >= 4 is 0 Å². The molecule has 1 aromatic carbocycles. The number of benzene rings is 1. The van der Waals surface area contributed by atoms with E-state index < -0.39 is 0 Å². The smallest absolute Gasteiger partial charge is 0.164 e. The Morgan fingerprint density at radius 2 is 1.89 bits per heavy atom. The second-order valence-corrected chi connectivity index (χ2v) is 6.08. The fourth-order valence-corrected chi connectivity index (χ4v) is 3.86. The third kappa shape index (κ3) is 1.10. The number of fused-ring (bicyclic) bond motifs is 5. The van der Waals surface area contributed by atoms with Crippen LogP contribution in [0.4, 0.5) is 0 Å². The number of aromatic nitrogens is 3. The van der Waals surface area contributed by atoms with Crippen LogP contribution < -0.4 is 0 Å². The van der Waals surface area contributed by atoms with Crippen molar-refractivity contribution in [3.63, 3.8) is 0 Å². The Kier molecular flexibility index (Phi) is 1.84. The van der Waals surface area contributed by atoms with Gasteiger partial charge in [0.2, 0.25) is 0 Å². The fraction of sp³-hybridized carbons (Fsp3) is 0.467. The summed E-state index contributed by atoms with van der Waals surface area (Å²) in [5, 5.41) is 8.89. The molecular weight excluding hydrogens is 222 g/mol. The molecule has 1 aliphatic carbocycles. The molecule has 1 saturated carbocycles. The lowest BCUT2D eigenvalue weighted by atomic mass is 9.82. The average molecular weight is 239 g/mol. The zero-order valence-electron chi connectivity index (χ0n) is 10.8. The summed E-state index contributed by atoms with van der Waals surface area (Å²) in [5.74, 6) is 2.84. The van der Waals surface area contributed by atoms with Crippen molar-refractivity contribution in [3.8, 4) is 11.4 Å². The van der Waals surface area contributed by atoms with Crippen LogP contribution in [-0.4, -0.2) is 14.8 Å². The van der Waals surface area contributed by atoms with Crippen molar-refractivity contribution < 1.29 is 0 Å². The van der Waals surface area contributed by atoms with E-state index in [1.54, 1.807) is 0 Å². The molecule has 3 heteroatoms. The fourth-order valence-electron chi connectivity index (χ4n) is 3.86. The van der Waals surface area contributed by atoms with Crippen LogP contribution in [0.1, 0.15) is 44.5 Å².